The second-order valence-corrected chi connectivity index (χ2v) is 6.38. The molecule has 0 saturated heterocycles. The molecule has 0 bridgehead atoms. The van der Waals surface area contributed by atoms with E-state index in [1.807, 2.05) is 6.07 Å². The molecule has 2 nitrogen and oxygen atoms in total. The van der Waals surface area contributed by atoms with E-state index < -0.39 is 0 Å². The van der Waals surface area contributed by atoms with Gasteiger partial charge in [-0.1, -0.05) is 47.1 Å². The van der Waals surface area contributed by atoms with E-state index in [1.54, 1.807) is 24.3 Å². The molecule has 0 spiro atoms. The molecular formula is C16H17BrFNO. The van der Waals surface area contributed by atoms with Crippen LogP contribution in [0.4, 0.5) is 4.39 Å². The molecule has 0 aliphatic heterocycles. The lowest BCUT2D eigenvalue weighted by Crippen LogP contribution is -2.25. The molecule has 1 unspecified atom stereocenters. The van der Waals surface area contributed by atoms with Crippen molar-refractivity contribution in [3.8, 4) is 0 Å². The molecule has 106 valence electrons. The van der Waals surface area contributed by atoms with E-state index in [0.29, 0.717) is 27.7 Å². The maximum atomic E-state index is 13.7. The molecule has 0 saturated carbocycles. The molecule has 1 atom stereocenters. The first-order chi connectivity index (χ1) is 9.59. The van der Waals surface area contributed by atoms with Gasteiger partial charge in [-0.3, -0.25) is 4.79 Å². The molecule has 0 radical (unpaired) electrons. The van der Waals surface area contributed by atoms with E-state index in [0.717, 1.165) is 12.8 Å². The summed E-state index contributed by atoms with van der Waals surface area (Å²) >= 11 is 3.47. The molecule has 0 aromatic heterocycles. The molecular weight excluding hydrogens is 321 g/mol. The minimum absolute atomic E-state index is 0.150. The summed E-state index contributed by atoms with van der Waals surface area (Å²) < 4.78 is 13.7. The summed E-state index contributed by atoms with van der Waals surface area (Å²) in [5.41, 5.74) is 0.522. The van der Waals surface area contributed by atoms with Crippen LogP contribution in [0.1, 0.15) is 30.1 Å². The van der Waals surface area contributed by atoms with E-state index >= 15 is 0 Å². The fourth-order valence-corrected chi connectivity index (χ4v) is 2.46. The lowest BCUT2D eigenvalue weighted by atomic mass is 10.0. The summed E-state index contributed by atoms with van der Waals surface area (Å²) in [5.74, 6) is -0.450. The first-order valence-electron chi connectivity index (χ1n) is 6.69. The van der Waals surface area contributed by atoms with Crippen LogP contribution in [0.25, 0.3) is 10.8 Å². The van der Waals surface area contributed by atoms with Crippen molar-refractivity contribution in [1.82, 2.24) is 5.32 Å². The predicted octanol–water partition coefficient (Wildman–Crippen LogP) is 4.27. The number of alkyl halides is 1. The number of hydrogen-bond donors (Lipinski definition) is 1. The van der Waals surface area contributed by atoms with Crippen LogP contribution in [0.3, 0.4) is 0 Å². The average Bonchev–Trinajstić information content (AvgIpc) is 2.44. The standard InChI is InChI=1S/C16H17BrFNO/c1-11(17)5-4-10-19-16(20)14-8-9-15(18)13-7-3-2-6-12(13)14/h2-3,6-9,11H,4-5,10H2,1H3,(H,19,20). The van der Waals surface area contributed by atoms with Crippen LogP contribution in [0.15, 0.2) is 36.4 Å². The van der Waals surface area contributed by atoms with Gasteiger partial charge in [-0.25, -0.2) is 4.39 Å². The number of halogens is 2. The van der Waals surface area contributed by atoms with Gasteiger partial charge in [-0.2, -0.15) is 0 Å². The van der Waals surface area contributed by atoms with Gasteiger partial charge in [0.25, 0.3) is 5.91 Å². The van der Waals surface area contributed by atoms with Crippen molar-refractivity contribution >= 4 is 32.6 Å². The van der Waals surface area contributed by atoms with Crippen molar-refractivity contribution in [2.45, 2.75) is 24.6 Å². The van der Waals surface area contributed by atoms with Gasteiger partial charge in [-0.15, -0.1) is 0 Å². The summed E-state index contributed by atoms with van der Waals surface area (Å²) in [6, 6.07) is 9.93. The molecule has 2 aromatic carbocycles. The first kappa shape index (κ1) is 15.0. The smallest absolute Gasteiger partial charge is 0.251 e. The van der Waals surface area contributed by atoms with E-state index in [4.69, 9.17) is 0 Å². The summed E-state index contributed by atoms with van der Waals surface area (Å²) in [6.07, 6.45) is 1.92. The third-order valence-electron chi connectivity index (χ3n) is 3.18. The molecule has 4 heteroatoms. The predicted molar refractivity (Wildman–Crippen MR) is 83.9 cm³/mol. The highest BCUT2D eigenvalue weighted by Gasteiger charge is 2.11. The van der Waals surface area contributed by atoms with Crippen LogP contribution in [0, 0.1) is 5.82 Å². The molecule has 1 N–H and O–H groups in total. The van der Waals surface area contributed by atoms with Crippen molar-refractivity contribution in [2.24, 2.45) is 0 Å². The van der Waals surface area contributed by atoms with Crippen LogP contribution in [0.5, 0.6) is 0 Å². The van der Waals surface area contributed by atoms with Crippen molar-refractivity contribution in [3.05, 3.63) is 47.8 Å². The maximum absolute atomic E-state index is 13.7. The van der Waals surface area contributed by atoms with Crippen LogP contribution in [0.2, 0.25) is 0 Å². The van der Waals surface area contributed by atoms with Crippen LogP contribution < -0.4 is 5.32 Å². The number of fused-ring (bicyclic) bond motifs is 1. The Morgan fingerprint density at radius 3 is 2.65 bits per heavy atom. The zero-order valence-electron chi connectivity index (χ0n) is 11.3. The van der Waals surface area contributed by atoms with Gasteiger partial charge in [0.2, 0.25) is 0 Å². The Morgan fingerprint density at radius 2 is 1.95 bits per heavy atom. The number of carbonyl (C=O) groups is 1. The minimum atomic E-state index is -0.301. The number of benzene rings is 2. The molecule has 2 aromatic rings. The Bertz CT molecular complexity index is 612. The van der Waals surface area contributed by atoms with Crippen molar-refractivity contribution in [2.75, 3.05) is 6.54 Å². The zero-order chi connectivity index (χ0) is 14.5. The third kappa shape index (κ3) is 3.57. The van der Waals surface area contributed by atoms with E-state index in [2.05, 4.69) is 28.2 Å². The molecule has 1 amide bonds. The number of amides is 1. The SMILES string of the molecule is CC(Br)CCCNC(=O)c1ccc(F)c2ccccc12. The topological polar surface area (TPSA) is 29.1 Å². The molecule has 20 heavy (non-hydrogen) atoms. The van der Waals surface area contributed by atoms with Gasteiger partial charge in [-0.05, 0) is 30.4 Å². The van der Waals surface area contributed by atoms with Gasteiger partial charge in [0, 0.05) is 22.3 Å². The first-order valence-corrected chi connectivity index (χ1v) is 7.60. The highest BCUT2D eigenvalue weighted by atomic mass is 79.9. The Morgan fingerprint density at radius 1 is 1.25 bits per heavy atom. The fraction of sp³-hybridized carbons (Fsp3) is 0.312. The minimum Gasteiger partial charge on any atom is -0.352 e. The van der Waals surface area contributed by atoms with Gasteiger partial charge in [0.15, 0.2) is 0 Å². The molecule has 0 aliphatic rings. The molecule has 2 rings (SSSR count). The number of nitrogens with one attached hydrogen (secondary N) is 1. The van der Waals surface area contributed by atoms with Gasteiger partial charge < -0.3 is 5.32 Å². The fourth-order valence-electron chi connectivity index (χ4n) is 2.14. The monoisotopic (exact) mass is 337 g/mol. The van der Waals surface area contributed by atoms with Crippen molar-refractivity contribution < 1.29 is 9.18 Å². The summed E-state index contributed by atoms with van der Waals surface area (Å²) in [4.78, 5) is 12.6. The quantitative estimate of drug-likeness (QED) is 0.640. The third-order valence-corrected chi connectivity index (χ3v) is 3.64. The summed E-state index contributed by atoms with van der Waals surface area (Å²) in [5, 5.41) is 4.02. The number of rotatable bonds is 5. The average molecular weight is 338 g/mol. The van der Waals surface area contributed by atoms with E-state index in [1.165, 1.54) is 6.07 Å². The maximum Gasteiger partial charge on any atom is 0.251 e. The van der Waals surface area contributed by atoms with Crippen LogP contribution in [-0.2, 0) is 0 Å². The van der Waals surface area contributed by atoms with E-state index in [-0.39, 0.29) is 11.7 Å². The Balaban J connectivity index is 2.12. The second kappa shape index (κ2) is 6.84. The molecule has 0 fully saturated rings. The lowest BCUT2D eigenvalue weighted by Gasteiger charge is -2.09. The van der Waals surface area contributed by atoms with Gasteiger partial charge in [0.05, 0.1) is 0 Å². The number of hydrogen-bond acceptors (Lipinski definition) is 1. The Labute approximate surface area is 126 Å². The van der Waals surface area contributed by atoms with Crippen LogP contribution >= 0.6 is 15.9 Å². The highest BCUT2D eigenvalue weighted by molar-refractivity contribution is 9.09. The normalized spacial score (nSPS) is 12.3. The van der Waals surface area contributed by atoms with Crippen molar-refractivity contribution in [3.63, 3.8) is 0 Å². The van der Waals surface area contributed by atoms with Crippen molar-refractivity contribution in [1.29, 1.82) is 0 Å². The molecule has 0 aliphatic carbocycles. The zero-order valence-corrected chi connectivity index (χ0v) is 12.9. The largest absolute Gasteiger partial charge is 0.352 e. The number of carbonyl (C=O) groups excluding carboxylic acids is 1. The Hall–Kier alpha value is -1.42. The van der Waals surface area contributed by atoms with Gasteiger partial charge >= 0.3 is 0 Å². The summed E-state index contributed by atoms with van der Waals surface area (Å²) in [6.45, 7) is 2.70. The van der Waals surface area contributed by atoms with Crippen LogP contribution in [-0.4, -0.2) is 17.3 Å². The second-order valence-electron chi connectivity index (χ2n) is 4.82. The summed E-state index contributed by atoms with van der Waals surface area (Å²) in [7, 11) is 0. The van der Waals surface area contributed by atoms with Gasteiger partial charge in [0.1, 0.15) is 5.82 Å². The highest BCUT2D eigenvalue weighted by Crippen LogP contribution is 2.21. The Kier molecular flexibility index (Phi) is 5.12. The molecule has 0 heterocycles. The lowest BCUT2D eigenvalue weighted by molar-refractivity contribution is 0.0954. The van der Waals surface area contributed by atoms with E-state index in [9.17, 15) is 9.18 Å².